The number of hydrogen-bond acceptors (Lipinski definition) is 5. The van der Waals surface area contributed by atoms with Crippen LogP contribution in [0.25, 0.3) is 0 Å². The standard InChI is InChI=1S/C8H18NO4P/c1-7(2)12-14(11,6-5-9-10)13-8(3)4/h5,7-8,10H,6H2,1-4H3/b9-5-. The Hall–Kier alpha value is -0.380. The van der Waals surface area contributed by atoms with E-state index in [0.717, 1.165) is 6.21 Å². The summed E-state index contributed by atoms with van der Waals surface area (Å²) in [5, 5.41) is 11.0. The molecule has 0 saturated heterocycles. The van der Waals surface area contributed by atoms with Crippen LogP contribution in [0, 0.1) is 0 Å². The van der Waals surface area contributed by atoms with Gasteiger partial charge in [-0.15, -0.1) is 5.16 Å². The van der Waals surface area contributed by atoms with Crippen molar-refractivity contribution in [2.75, 3.05) is 6.16 Å². The predicted octanol–water partition coefficient (Wildman–Crippen LogP) is 2.49. The predicted molar refractivity (Wildman–Crippen MR) is 55.2 cm³/mol. The SMILES string of the molecule is CC(C)OP(=O)(C/C=N\O)OC(C)C. The molecule has 0 amide bonds. The first-order valence-corrected chi connectivity index (χ1v) is 6.24. The van der Waals surface area contributed by atoms with Gasteiger partial charge in [0.2, 0.25) is 0 Å². The third kappa shape index (κ3) is 6.13. The van der Waals surface area contributed by atoms with Gasteiger partial charge in [-0.05, 0) is 27.7 Å². The van der Waals surface area contributed by atoms with E-state index in [2.05, 4.69) is 5.16 Å². The van der Waals surface area contributed by atoms with Gasteiger partial charge in [-0.3, -0.25) is 4.57 Å². The van der Waals surface area contributed by atoms with Crippen LogP contribution in [0.4, 0.5) is 0 Å². The minimum Gasteiger partial charge on any atom is -0.411 e. The highest BCUT2D eigenvalue weighted by Crippen LogP contribution is 2.49. The first kappa shape index (κ1) is 13.6. The smallest absolute Gasteiger partial charge is 0.336 e. The molecule has 1 N–H and O–H groups in total. The van der Waals surface area contributed by atoms with E-state index in [9.17, 15) is 4.57 Å². The van der Waals surface area contributed by atoms with Crippen LogP contribution in [-0.2, 0) is 13.6 Å². The summed E-state index contributed by atoms with van der Waals surface area (Å²) in [7, 11) is -3.16. The zero-order chi connectivity index (χ0) is 11.2. The number of oxime groups is 1. The highest BCUT2D eigenvalue weighted by molar-refractivity contribution is 7.54. The molecule has 0 aliphatic heterocycles. The molecule has 14 heavy (non-hydrogen) atoms. The van der Waals surface area contributed by atoms with Crippen LogP contribution in [0.2, 0.25) is 0 Å². The molecule has 0 aromatic heterocycles. The van der Waals surface area contributed by atoms with E-state index in [-0.39, 0.29) is 18.4 Å². The van der Waals surface area contributed by atoms with E-state index in [1.54, 1.807) is 27.7 Å². The maximum Gasteiger partial charge on any atom is 0.336 e. The molecule has 0 rings (SSSR count). The molecule has 0 unspecified atom stereocenters. The topological polar surface area (TPSA) is 68.1 Å². The molecule has 0 bridgehead atoms. The quantitative estimate of drug-likeness (QED) is 0.325. The molecule has 0 aliphatic carbocycles. The molecule has 0 aromatic carbocycles. The third-order valence-electron chi connectivity index (χ3n) is 1.13. The molecule has 5 nitrogen and oxygen atoms in total. The fourth-order valence-electron chi connectivity index (χ4n) is 0.890. The van der Waals surface area contributed by atoms with Crippen molar-refractivity contribution in [2.24, 2.45) is 5.16 Å². The minimum atomic E-state index is -3.16. The Kier molecular flexibility index (Phi) is 6.00. The summed E-state index contributed by atoms with van der Waals surface area (Å²) in [6.45, 7) is 7.08. The Bertz CT molecular complexity index is 213. The lowest BCUT2D eigenvalue weighted by atomic mass is 10.5. The van der Waals surface area contributed by atoms with Crippen molar-refractivity contribution in [1.82, 2.24) is 0 Å². The van der Waals surface area contributed by atoms with Crippen molar-refractivity contribution >= 4 is 13.8 Å². The van der Waals surface area contributed by atoms with Gasteiger partial charge in [0, 0.05) is 0 Å². The fraction of sp³-hybridized carbons (Fsp3) is 0.875. The van der Waals surface area contributed by atoms with Gasteiger partial charge in [0.05, 0.1) is 24.6 Å². The average molecular weight is 223 g/mol. The average Bonchev–Trinajstić information content (AvgIpc) is 1.97. The van der Waals surface area contributed by atoms with Crippen molar-refractivity contribution in [3.8, 4) is 0 Å². The molecule has 0 spiro atoms. The van der Waals surface area contributed by atoms with E-state index in [1.807, 2.05) is 0 Å². The van der Waals surface area contributed by atoms with Crippen LogP contribution in [0.15, 0.2) is 5.16 Å². The van der Waals surface area contributed by atoms with Crippen molar-refractivity contribution in [1.29, 1.82) is 0 Å². The first-order valence-electron chi connectivity index (χ1n) is 4.51. The van der Waals surface area contributed by atoms with Gasteiger partial charge >= 0.3 is 7.60 Å². The number of nitrogens with zero attached hydrogens (tertiary/aromatic N) is 1. The van der Waals surface area contributed by atoms with Gasteiger partial charge in [0.25, 0.3) is 0 Å². The molecule has 0 saturated carbocycles. The summed E-state index contributed by atoms with van der Waals surface area (Å²) in [6.07, 6.45) is 0.726. The zero-order valence-corrected chi connectivity index (χ0v) is 9.90. The van der Waals surface area contributed by atoms with Gasteiger partial charge in [0.15, 0.2) is 0 Å². The first-order chi connectivity index (χ1) is 6.39. The van der Waals surface area contributed by atoms with E-state index in [4.69, 9.17) is 14.3 Å². The zero-order valence-electron chi connectivity index (χ0n) is 9.01. The summed E-state index contributed by atoms with van der Waals surface area (Å²) < 4.78 is 22.3. The monoisotopic (exact) mass is 223 g/mol. The lowest BCUT2D eigenvalue weighted by Crippen LogP contribution is -2.10. The van der Waals surface area contributed by atoms with Crippen LogP contribution in [-0.4, -0.2) is 29.8 Å². The molecule has 0 aliphatic rings. The second kappa shape index (κ2) is 6.17. The summed E-state index contributed by atoms with van der Waals surface area (Å²) in [6, 6.07) is 0. The maximum absolute atomic E-state index is 11.9. The van der Waals surface area contributed by atoms with Crippen LogP contribution in [0.1, 0.15) is 27.7 Å². The largest absolute Gasteiger partial charge is 0.411 e. The van der Waals surface area contributed by atoms with E-state index in [1.165, 1.54) is 0 Å². The van der Waals surface area contributed by atoms with Gasteiger partial charge in [-0.25, -0.2) is 0 Å². The van der Waals surface area contributed by atoms with Crippen molar-refractivity contribution in [3.63, 3.8) is 0 Å². The Morgan fingerprint density at radius 2 is 1.71 bits per heavy atom. The molecule has 6 heteroatoms. The second-order valence-electron chi connectivity index (χ2n) is 3.40. The van der Waals surface area contributed by atoms with Crippen LogP contribution < -0.4 is 0 Å². The highest BCUT2D eigenvalue weighted by atomic mass is 31.2. The van der Waals surface area contributed by atoms with Crippen LogP contribution in [0.5, 0.6) is 0 Å². The van der Waals surface area contributed by atoms with E-state index in [0.29, 0.717) is 0 Å². The summed E-state index contributed by atoms with van der Waals surface area (Å²) in [4.78, 5) is 0. The van der Waals surface area contributed by atoms with Gasteiger partial charge in [-0.1, -0.05) is 0 Å². The van der Waals surface area contributed by atoms with Gasteiger partial charge < -0.3 is 14.3 Å². The molecular weight excluding hydrogens is 205 g/mol. The molecular formula is C8H18NO4P. The molecule has 0 fully saturated rings. The molecule has 0 atom stereocenters. The van der Waals surface area contributed by atoms with E-state index >= 15 is 0 Å². The minimum absolute atomic E-state index is 0.0140. The van der Waals surface area contributed by atoms with Crippen molar-refractivity contribution < 1.29 is 18.8 Å². The summed E-state index contributed by atoms with van der Waals surface area (Å²) in [5.41, 5.74) is 0. The van der Waals surface area contributed by atoms with Crippen molar-refractivity contribution in [3.05, 3.63) is 0 Å². The Morgan fingerprint density at radius 1 is 1.29 bits per heavy atom. The Morgan fingerprint density at radius 3 is 2.00 bits per heavy atom. The Balaban J connectivity index is 4.41. The third-order valence-corrected chi connectivity index (χ3v) is 3.23. The summed E-state index contributed by atoms with van der Waals surface area (Å²) in [5.74, 6) is 0. The maximum atomic E-state index is 11.9. The normalized spacial score (nSPS) is 13.3. The number of hydrogen-bond donors (Lipinski definition) is 1. The second-order valence-corrected chi connectivity index (χ2v) is 5.41. The molecule has 0 radical (unpaired) electrons. The summed E-state index contributed by atoms with van der Waals surface area (Å²) >= 11 is 0. The fourth-order valence-corrected chi connectivity index (χ4v) is 2.67. The molecule has 84 valence electrons. The van der Waals surface area contributed by atoms with Gasteiger partial charge in [0.1, 0.15) is 0 Å². The van der Waals surface area contributed by atoms with E-state index < -0.39 is 7.60 Å². The van der Waals surface area contributed by atoms with Crippen LogP contribution >= 0.6 is 7.60 Å². The van der Waals surface area contributed by atoms with Crippen LogP contribution in [0.3, 0.4) is 0 Å². The van der Waals surface area contributed by atoms with Crippen molar-refractivity contribution in [2.45, 2.75) is 39.9 Å². The highest BCUT2D eigenvalue weighted by Gasteiger charge is 2.26. The lowest BCUT2D eigenvalue weighted by molar-refractivity contribution is 0.145. The molecule has 0 aromatic rings. The number of rotatable bonds is 6. The lowest BCUT2D eigenvalue weighted by Gasteiger charge is -2.21. The Labute approximate surface area is 84.6 Å². The molecule has 0 heterocycles. The van der Waals surface area contributed by atoms with Gasteiger partial charge in [-0.2, -0.15) is 0 Å².